The molecule has 0 amide bonds. The van der Waals surface area contributed by atoms with E-state index < -0.39 is 0 Å². The number of hydrogen-bond acceptors (Lipinski definition) is 2. The molecule has 5 rings (SSSR count). The smallest absolute Gasteiger partial charge is 0.115 e. The first-order valence-electron chi connectivity index (χ1n) is 9.27. The van der Waals surface area contributed by atoms with Crippen molar-refractivity contribution in [3.05, 3.63) is 88.5 Å². The summed E-state index contributed by atoms with van der Waals surface area (Å²) in [6, 6.07) is 11.3. The highest BCUT2D eigenvalue weighted by atomic mass is 14.8. The normalized spacial score (nSPS) is 14.8. The average molecular weight is 336 g/mol. The lowest BCUT2D eigenvalue weighted by atomic mass is 9.78. The highest BCUT2D eigenvalue weighted by molar-refractivity contribution is 5.82. The standard InChI is InChI=1S/C24H20N2/c1-2-6-20-18(4-1)10-11-24-22-7-3-5-19(21(22)12-13-23(20)24)9-8-17-14-25-16-26-15-17/h1,3-5,7-11,14-16H,2,6,12-13H2/b9-8-. The molecular weight excluding hydrogens is 316 g/mol. The predicted octanol–water partition coefficient (Wildman–Crippen LogP) is 5.37. The third-order valence-electron chi connectivity index (χ3n) is 5.49. The molecule has 0 atom stereocenters. The van der Waals surface area contributed by atoms with Gasteiger partial charge in [-0.1, -0.05) is 54.6 Å². The van der Waals surface area contributed by atoms with Crippen LogP contribution in [0.15, 0.2) is 55.1 Å². The van der Waals surface area contributed by atoms with Gasteiger partial charge in [0.15, 0.2) is 0 Å². The minimum Gasteiger partial charge on any atom is -0.244 e. The van der Waals surface area contributed by atoms with Gasteiger partial charge in [-0.2, -0.15) is 0 Å². The van der Waals surface area contributed by atoms with Crippen molar-refractivity contribution >= 4 is 18.2 Å². The van der Waals surface area contributed by atoms with Gasteiger partial charge >= 0.3 is 0 Å². The Morgan fingerprint density at radius 1 is 0.769 bits per heavy atom. The van der Waals surface area contributed by atoms with Crippen LogP contribution in [0.4, 0.5) is 0 Å². The molecule has 0 saturated heterocycles. The van der Waals surface area contributed by atoms with Crippen LogP contribution in [-0.4, -0.2) is 9.97 Å². The summed E-state index contributed by atoms with van der Waals surface area (Å²) in [5.74, 6) is 0. The Bertz CT molecular complexity index is 1030. The molecule has 0 unspecified atom stereocenters. The first kappa shape index (κ1) is 15.3. The zero-order chi connectivity index (χ0) is 17.3. The van der Waals surface area contributed by atoms with Crippen LogP contribution in [0.3, 0.4) is 0 Å². The molecule has 0 fully saturated rings. The topological polar surface area (TPSA) is 25.8 Å². The van der Waals surface area contributed by atoms with Crippen molar-refractivity contribution in [2.75, 3.05) is 0 Å². The van der Waals surface area contributed by atoms with Gasteiger partial charge in [0.1, 0.15) is 6.33 Å². The number of aromatic nitrogens is 2. The summed E-state index contributed by atoms with van der Waals surface area (Å²) in [5, 5.41) is 0. The first-order chi connectivity index (χ1) is 12.9. The molecule has 1 aromatic heterocycles. The van der Waals surface area contributed by atoms with Crippen molar-refractivity contribution < 1.29 is 0 Å². The summed E-state index contributed by atoms with van der Waals surface area (Å²) in [5.41, 5.74) is 11.2. The van der Waals surface area contributed by atoms with Crippen LogP contribution in [0.2, 0.25) is 0 Å². The Morgan fingerprint density at radius 3 is 2.54 bits per heavy atom. The van der Waals surface area contributed by atoms with Crippen LogP contribution >= 0.6 is 0 Å². The van der Waals surface area contributed by atoms with Crippen molar-refractivity contribution in [2.45, 2.75) is 25.7 Å². The van der Waals surface area contributed by atoms with Crippen molar-refractivity contribution in [3.8, 4) is 11.1 Å². The van der Waals surface area contributed by atoms with Crippen molar-refractivity contribution in [1.82, 2.24) is 9.97 Å². The van der Waals surface area contributed by atoms with E-state index in [0.717, 1.165) is 24.8 Å². The minimum absolute atomic E-state index is 1.03. The van der Waals surface area contributed by atoms with E-state index in [4.69, 9.17) is 0 Å². The first-order valence-corrected chi connectivity index (χ1v) is 9.27. The van der Waals surface area contributed by atoms with E-state index in [-0.39, 0.29) is 0 Å². The fourth-order valence-electron chi connectivity index (χ4n) is 4.26. The van der Waals surface area contributed by atoms with Gasteiger partial charge in [0.25, 0.3) is 0 Å². The third-order valence-corrected chi connectivity index (χ3v) is 5.49. The van der Waals surface area contributed by atoms with E-state index in [1.807, 2.05) is 12.4 Å². The fourth-order valence-corrected chi connectivity index (χ4v) is 4.26. The molecule has 2 aliphatic rings. The summed E-state index contributed by atoms with van der Waals surface area (Å²) < 4.78 is 0. The van der Waals surface area contributed by atoms with E-state index in [1.54, 1.807) is 17.5 Å². The maximum absolute atomic E-state index is 4.09. The van der Waals surface area contributed by atoms with Gasteiger partial charge in [0.2, 0.25) is 0 Å². The zero-order valence-corrected chi connectivity index (χ0v) is 14.7. The molecule has 0 aliphatic heterocycles. The fraction of sp³-hybridized carbons (Fsp3) is 0.167. The maximum atomic E-state index is 4.09. The predicted molar refractivity (Wildman–Crippen MR) is 108 cm³/mol. The monoisotopic (exact) mass is 336 g/mol. The Hall–Kier alpha value is -3.00. The van der Waals surface area contributed by atoms with E-state index >= 15 is 0 Å². The van der Waals surface area contributed by atoms with Crippen LogP contribution in [0, 0.1) is 0 Å². The summed E-state index contributed by atoms with van der Waals surface area (Å²) in [7, 11) is 0. The number of nitrogens with zero attached hydrogens (tertiary/aromatic N) is 2. The SMILES string of the molecule is C1=Cc2ccc3c(c2CC1)CCc1c(/C=C\c2cncnc2)cccc1-3. The summed E-state index contributed by atoms with van der Waals surface area (Å²) in [6.07, 6.45) is 18.7. The summed E-state index contributed by atoms with van der Waals surface area (Å²) in [6.45, 7) is 0. The van der Waals surface area contributed by atoms with Gasteiger partial charge in [0.05, 0.1) is 0 Å². The van der Waals surface area contributed by atoms with E-state index in [1.165, 1.54) is 34.2 Å². The number of rotatable bonds is 2. The van der Waals surface area contributed by atoms with Crippen LogP contribution in [0.25, 0.3) is 29.4 Å². The molecule has 0 spiro atoms. The van der Waals surface area contributed by atoms with Gasteiger partial charge in [-0.15, -0.1) is 0 Å². The molecule has 3 aromatic rings. The largest absolute Gasteiger partial charge is 0.244 e. The second kappa shape index (κ2) is 6.38. The molecule has 2 heteroatoms. The van der Waals surface area contributed by atoms with Crippen LogP contribution in [0.5, 0.6) is 0 Å². The lowest BCUT2D eigenvalue weighted by molar-refractivity contribution is 0.886. The van der Waals surface area contributed by atoms with Crippen LogP contribution in [0.1, 0.15) is 39.8 Å². The van der Waals surface area contributed by atoms with Gasteiger partial charge in [-0.3, -0.25) is 0 Å². The molecule has 0 radical (unpaired) electrons. The molecule has 2 aromatic carbocycles. The molecular formula is C24H20N2. The highest BCUT2D eigenvalue weighted by Gasteiger charge is 2.22. The van der Waals surface area contributed by atoms with Crippen molar-refractivity contribution in [3.63, 3.8) is 0 Å². The molecule has 1 heterocycles. The molecule has 126 valence electrons. The van der Waals surface area contributed by atoms with Crippen molar-refractivity contribution in [1.29, 1.82) is 0 Å². The average Bonchev–Trinajstić information content (AvgIpc) is 2.72. The van der Waals surface area contributed by atoms with Gasteiger partial charge in [0, 0.05) is 18.0 Å². The second-order valence-corrected chi connectivity index (χ2v) is 6.98. The van der Waals surface area contributed by atoms with Crippen molar-refractivity contribution in [2.24, 2.45) is 0 Å². The molecule has 26 heavy (non-hydrogen) atoms. The van der Waals surface area contributed by atoms with Gasteiger partial charge in [-0.25, -0.2) is 9.97 Å². The zero-order valence-electron chi connectivity index (χ0n) is 14.7. The molecule has 0 N–H and O–H groups in total. The molecule has 0 bridgehead atoms. The third kappa shape index (κ3) is 2.59. The Kier molecular flexibility index (Phi) is 3.75. The lowest BCUT2D eigenvalue weighted by Crippen LogP contribution is -2.10. The van der Waals surface area contributed by atoms with Gasteiger partial charge in [-0.05, 0) is 64.6 Å². The quantitative estimate of drug-likeness (QED) is 0.628. The molecule has 2 nitrogen and oxygen atoms in total. The number of benzene rings is 2. The summed E-state index contributed by atoms with van der Waals surface area (Å²) in [4.78, 5) is 8.17. The number of hydrogen-bond donors (Lipinski definition) is 0. The maximum Gasteiger partial charge on any atom is 0.115 e. The number of fused-ring (bicyclic) bond motifs is 5. The lowest BCUT2D eigenvalue weighted by Gasteiger charge is -2.26. The van der Waals surface area contributed by atoms with Crippen LogP contribution in [-0.2, 0) is 19.3 Å². The minimum atomic E-state index is 1.03. The second-order valence-electron chi connectivity index (χ2n) is 6.98. The molecule has 0 saturated carbocycles. The summed E-state index contributed by atoms with van der Waals surface area (Å²) >= 11 is 0. The van der Waals surface area contributed by atoms with E-state index in [0.29, 0.717) is 0 Å². The Labute approximate surface area is 154 Å². The van der Waals surface area contributed by atoms with Crippen LogP contribution < -0.4 is 0 Å². The van der Waals surface area contributed by atoms with E-state index in [2.05, 4.69) is 64.6 Å². The van der Waals surface area contributed by atoms with Gasteiger partial charge < -0.3 is 0 Å². The Balaban J connectivity index is 1.59. The highest BCUT2D eigenvalue weighted by Crippen LogP contribution is 2.39. The number of allylic oxidation sites excluding steroid dienone is 1. The Morgan fingerprint density at radius 2 is 1.62 bits per heavy atom. The molecule has 2 aliphatic carbocycles. The van der Waals surface area contributed by atoms with E-state index in [9.17, 15) is 0 Å².